The number of hydrogen-bond acceptors (Lipinski definition) is 5. The first kappa shape index (κ1) is 12.9. The van der Waals surface area contributed by atoms with Gasteiger partial charge in [-0.25, -0.2) is 4.79 Å². The lowest BCUT2D eigenvalue weighted by molar-refractivity contribution is -0.133. The third kappa shape index (κ3) is 2.83. The van der Waals surface area contributed by atoms with Crippen LogP contribution >= 0.6 is 0 Å². The summed E-state index contributed by atoms with van der Waals surface area (Å²) in [6.45, 7) is 4.51. The molecular formula is C12H19N3O3. The maximum absolute atomic E-state index is 11.0. The predicted molar refractivity (Wildman–Crippen MR) is 66.9 cm³/mol. The van der Waals surface area contributed by atoms with Crippen molar-refractivity contribution < 1.29 is 15.0 Å². The fourth-order valence-electron chi connectivity index (χ4n) is 2.27. The average molecular weight is 253 g/mol. The van der Waals surface area contributed by atoms with Crippen molar-refractivity contribution in [2.75, 3.05) is 45.9 Å². The van der Waals surface area contributed by atoms with E-state index in [9.17, 15) is 4.79 Å². The van der Waals surface area contributed by atoms with Gasteiger partial charge in [0.2, 0.25) is 0 Å². The molecule has 0 bridgehead atoms. The second-order valence-corrected chi connectivity index (χ2v) is 4.40. The van der Waals surface area contributed by atoms with E-state index in [-0.39, 0.29) is 6.61 Å². The fourth-order valence-corrected chi connectivity index (χ4v) is 2.27. The number of aliphatic hydroxyl groups excluding tert-OH is 1. The molecular weight excluding hydrogens is 234 g/mol. The van der Waals surface area contributed by atoms with Crippen LogP contribution in [0.5, 0.6) is 0 Å². The highest BCUT2D eigenvalue weighted by atomic mass is 16.4. The van der Waals surface area contributed by atoms with Crippen LogP contribution in [0.1, 0.15) is 0 Å². The molecule has 6 heteroatoms. The SMILES string of the molecule is O=C(O)C1=CC=C(N2CCNCC2)N(CCO)C1. The molecule has 0 spiro atoms. The Morgan fingerprint density at radius 1 is 1.33 bits per heavy atom. The van der Waals surface area contributed by atoms with Crippen LogP contribution < -0.4 is 5.32 Å². The third-order valence-corrected chi connectivity index (χ3v) is 3.20. The molecule has 2 rings (SSSR count). The second kappa shape index (κ2) is 5.88. The van der Waals surface area contributed by atoms with Gasteiger partial charge in [0.15, 0.2) is 0 Å². The molecule has 0 radical (unpaired) electrons. The number of rotatable bonds is 4. The van der Waals surface area contributed by atoms with Crippen molar-refractivity contribution in [3.63, 3.8) is 0 Å². The summed E-state index contributed by atoms with van der Waals surface area (Å²) in [5.41, 5.74) is 0.363. The van der Waals surface area contributed by atoms with E-state index in [1.165, 1.54) is 0 Å². The van der Waals surface area contributed by atoms with Gasteiger partial charge in [-0.15, -0.1) is 0 Å². The number of aliphatic carboxylic acids is 1. The zero-order valence-corrected chi connectivity index (χ0v) is 10.3. The van der Waals surface area contributed by atoms with Gasteiger partial charge in [0.1, 0.15) is 5.82 Å². The van der Waals surface area contributed by atoms with Crippen molar-refractivity contribution in [2.24, 2.45) is 0 Å². The molecule has 3 N–H and O–H groups in total. The zero-order chi connectivity index (χ0) is 13.0. The third-order valence-electron chi connectivity index (χ3n) is 3.20. The maximum Gasteiger partial charge on any atom is 0.333 e. The Kier molecular flexibility index (Phi) is 4.22. The molecule has 18 heavy (non-hydrogen) atoms. The fraction of sp³-hybridized carbons (Fsp3) is 0.583. The van der Waals surface area contributed by atoms with Crippen LogP contribution in [-0.2, 0) is 4.79 Å². The Balaban J connectivity index is 2.15. The largest absolute Gasteiger partial charge is 0.478 e. The van der Waals surface area contributed by atoms with Crippen LogP contribution in [-0.4, -0.2) is 71.9 Å². The summed E-state index contributed by atoms with van der Waals surface area (Å²) < 4.78 is 0. The van der Waals surface area contributed by atoms with Crippen LogP contribution in [0, 0.1) is 0 Å². The normalized spacial score (nSPS) is 20.5. The molecule has 1 fully saturated rings. The Hall–Kier alpha value is -1.53. The van der Waals surface area contributed by atoms with E-state index in [2.05, 4.69) is 10.2 Å². The van der Waals surface area contributed by atoms with Gasteiger partial charge in [-0.2, -0.15) is 0 Å². The highest BCUT2D eigenvalue weighted by Gasteiger charge is 2.23. The summed E-state index contributed by atoms with van der Waals surface area (Å²) in [6.07, 6.45) is 3.50. The van der Waals surface area contributed by atoms with Crippen molar-refractivity contribution >= 4 is 5.97 Å². The highest BCUT2D eigenvalue weighted by molar-refractivity contribution is 5.87. The molecule has 0 atom stereocenters. The van der Waals surface area contributed by atoms with Gasteiger partial charge in [0, 0.05) is 32.7 Å². The molecule has 100 valence electrons. The van der Waals surface area contributed by atoms with Gasteiger partial charge in [0.25, 0.3) is 0 Å². The first-order chi connectivity index (χ1) is 8.72. The van der Waals surface area contributed by atoms with Gasteiger partial charge in [0.05, 0.1) is 18.7 Å². The Morgan fingerprint density at radius 2 is 2.06 bits per heavy atom. The van der Waals surface area contributed by atoms with E-state index in [4.69, 9.17) is 10.2 Å². The van der Waals surface area contributed by atoms with Gasteiger partial charge in [-0.1, -0.05) is 0 Å². The average Bonchev–Trinajstić information content (AvgIpc) is 2.40. The number of nitrogens with one attached hydrogen (secondary N) is 1. The smallest absolute Gasteiger partial charge is 0.333 e. The number of allylic oxidation sites excluding steroid dienone is 2. The van der Waals surface area contributed by atoms with Crippen molar-refractivity contribution in [2.45, 2.75) is 0 Å². The molecule has 0 amide bonds. The molecule has 2 heterocycles. The van der Waals surface area contributed by atoms with Crippen LogP contribution in [0.2, 0.25) is 0 Å². The Labute approximate surface area is 106 Å². The minimum Gasteiger partial charge on any atom is -0.478 e. The van der Waals surface area contributed by atoms with Gasteiger partial charge in [-0.05, 0) is 12.2 Å². The topological polar surface area (TPSA) is 76.0 Å². The van der Waals surface area contributed by atoms with Crippen LogP contribution in [0.3, 0.4) is 0 Å². The number of piperazine rings is 1. The second-order valence-electron chi connectivity index (χ2n) is 4.40. The monoisotopic (exact) mass is 253 g/mol. The summed E-state index contributed by atoms with van der Waals surface area (Å²) in [5.74, 6) is 0.115. The van der Waals surface area contributed by atoms with E-state index in [1.807, 2.05) is 11.0 Å². The van der Waals surface area contributed by atoms with E-state index in [0.29, 0.717) is 18.7 Å². The summed E-state index contributed by atoms with van der Waals surface area (Å²) in [7, 11) is 0. The molecule has 0 aromatic rings. The van der Waals surface area contributed by atoms with E-state index < -0.39 is 5.97 Å². The minimum absolute atomic E-state index is 0.0241. The molecule has 0 aromatic heterocycles. The first-order valence-electron chi connectivity index (χ1n) is 6.18. The number of carboxylic acids is 1. The zero-order valence-electron chi connectivity index (χ0n) is 10.3. The number of aliphatic hydroxyl groups is 1. The molecule has 0 unspecified atom stereocenters. The molecule has 0 saturated carbocycles. The molecule has 0 aromatic carbocycles. The number of carbonyl (C=O) groups is 1. The molecule has 2 aliphatic rings. The standard InChI is InChI=1S/C12H19N3O3/c16-8-7-15-9-10(12(17)18)1-2-11(15)14-5-3-13-4-6-14/h1-2,13,16H,3-9H2,(H,17,18). The molecule has 2 aliphatic heterocycles. The van der Waals surface area contributed by atoms with Crippen molar-refractivity contribution in [3.8, 4) is 0 Å². The maximum atomic E-state index is 11.0. The highest BCUT2D eigenvalue weighted by Crippen LogP contribution is 2.18. The Bertz CT molecular complexity index is 373. The first-order valence-corrected chi connectivity index (χ1v) is 6.18. The predicted octanol–water partition coefficient (Wildman–Crippen LogP) is -0.948. The Morgan fingerprint density at radius 3 is 2.67 bits per heavy atom. The number of hydrogen-bond donors (Lipinski definition) is 3. The minimum atomic E-state index is -0.895. The summed E-state index contributed by atoms with van der Waals surface area (Å²) >= 11 is 0. The summed E-state index contributed by atoms with van der Waals surface area (Å²) in [6, 6.07) is 0. The van der Waals surface area contributed by atoms with Crippen LogP contribution in [0.4, 0.5) is 0 Å². The van der Waals surface area contributed by atoms with Crippen molar-refractivity contribution in [3.05, 3.63) is 23.5 Å². The van der Waals surface area contributed by atoms with Crippen LogP contribution in [0.25, 0.3) is 0 Å². The quantitative estimate of drug-likeness (QED) is 0.600. The van der Waals surface area contributed by atoms with E-state index >= 15 is 0 Å². The lowest BCUT2D eigenvalue weighted by Gasteiger charge is -2.39. The van der Waals surface area contributed by atoms with E-state index in [0.717, 1.165) is 32.0 Å². The van der Waals surface area contributed by atoms with Gasteiger partial charge >= 0.3 is 5.97 Å². The molecule has 6 nitrogen and oxygen atoms in total. The summed E-state index contributed by atoms with van der Waals surface area (Å²) in [5, 5.41) is 21.4. The lowest BCUT2D eigenvalue weighted by atomic mass is 10.1. The van der Waals surface area contributed by atoms with Gasteiger partial charge < -0.3 is 25.3 Å². The van der Waals surface area contributed by atoms with Crippen LogP contribution in [0.15, 0.2) is 23.5 Å². The van der Waals surface area contributed by atoms with Crippen molar-refractivity contribution in [1.29, 1.82) is 0 Å². The number of β-amino-alcohol motifs (C(OH)–C–C–N with tert-alkyl or cyclic N) is 1. The number of carboxylic acid groups (broad SMARTS) is 1. The van der Waals surface area contributed by atoms with Gasteiger partial charge in [-0.3, -0.25) is 0 Å². The van der Waals surface area contributed by atoms with Crippen molar-refractivity contribution in [1.82, 2.24) is 15.1 Å². The number of nitrogens with zero attached hydrogens (tertiary/aromatic N) is 2. The lowest BCUT2D eigenvalue weighted by Crippen LogP contribution is -2.48. The van der Waals surface area contributed by atoms with E-state index in [1.54, 1.807) is 6.08 Å². The molecule has 0 aliphatic carbocycles. The summed E-state index contributed by atoms with van der Waals surface area (Å²) in [4.78, 5) is 15.1. The molecule has 1 saturated heterocycles.